The standard InChI is InChI=1S/C24H27ClN8O/c1-16-7-26-8-21(27-16)31-12-24(13-31)14-32(15-24)23-29-28-22-10-30(19-4-5-34-11-19)9-17-6-18(25)2-3-20(17)33(22)23/h2-3,6-8,19H,4-5,9-15H2,1H3/t19-/m0/s1. The van der Waals surface area contributed by atoms with E-state index in [0.717, 1.165) is 92.9 Å². The molecule has 2 aromatic heterocycles. The molecule has 1 atom stereocenters. The van der Waals surface area contributed by atoms with E-state index >= 15 is 0 Å². The van der Waals surface area contributed by atoms with Crippen molar-refractivity contribution in [2.24, 2.45) is 5.41 Å². The molecule has 0 unspecified atom stereocenters. The molecule has 1 spiro atoms. The highest BCUT2D eigenvalue weighted by Crippen LogP contribution is 2.44. The van der Waals surface area contributed by atoms with E-state index in [-0.39, 0.29) is 0 Å². The Morgan fingerprint density at radius 3 is 2.71 bits per heavy atom. The number of ether oxygens (including phenoxy) is 1. The number of rotatable bonds is 3. The van der Waals surface area contributed by atoms with Gasteiger partial charge in [-0.3, -0.25) is 14.5 Å². The van der Waals surface area contributed by atoms with Crippen molar-refractivity contribution < 1.29 is 4.74 Å². The Balaban J connectivity index is 1.14. The number of halogens is 1. The molecule has 7 rings (SSSR count). The fourth-order valence-corrected chi connectivity index (χ4v) is 6.11. The van der Waals surface area contributed by atoms with Gasteiger partial charge in [0.05, 0.1) is 30.7 Å². The fourth-order valence-electron chi connectivity index (χ4n) is 5.92. The van der Waals surface area contributed by atoms with Gasteiger partial charge in [0.2, 0.25) is 5.95 Å². The van der Waals surface area contributed by atoms with Crippen LogP contribution in [0, 0.1) is 12.3 Å². The van der Waals surface area contributed by atoms with Gasteiger partial charge in [0.15, 0.2) is 5.82 Å². The van der Waals surface area contributed by atoms with Crippen molar-refractivity contribution in [3.63, 3.8) is 0 Å². The minimum atomic E-state index is 0.290. The summed E-state index contributed by atoms with van der Waals surface area (Å²) < 4.78 is 7.93. The normalized spacial score (nSPS) is 23.3. The Morgan fingerprint density at radius 1 is 1.06 bits per heavy atom. The van der Waals surface area contributed by atoms with E-state index in [0.29, 0.717) is 11.5 Å². The molecular formula is C24H27ClN8O. The number of hydrogen-bond donors (Lipinski definition) is 0. The Labute approximate surface area is 203 Å². The van der Waals surface area contributed by atoms with E-state index < -0.39 is 0 Å². The highest BCUT2D eigenvalue weighted by atomic mass is 35.5. The van der Waals surface area contributed by atoms with Gasteiger partial charge in [-0.15, -0.1) is 10.2 Å². The first kappa shape index (κ1) is 20.6. The first-order valence-corrected chi connectivity index (χ1v) is 12.3. The highest BCUT2D eigenvalue weighted by Gasteiger charge is 2.53. The van der Waals surface area contributed by atoms with Crippen LogP contribution in [0.15, 0.2) is 30.6 Å². The van der Waals surface area contributed by atoms with E-state index in [1.54, 1.807) is 6.20 Å². The van der Waals surface area contributed by atoms with E-state index in [1.807, 2.05) is 19.2 Å². The summed E-state index contributed by atoms with van der Waals surface area (Å²) in [4.78, 5) is 16.1. The smallest absolute Gasteiger partial charge is 0.231 e. The lowest BCUT2D eigenvalue weighted by atomic mass is 9.73. The molecule has 9 nitrogen and oxygen atoms in total. The predicted molar refractivity (Wildman–Crippen MR) is 128 cm³/mol. The number of benzene rings is 1. The summed E-state index contributed by atoms with van der Waals surface area (Å²) in [6.07, 6.45) is 4.71. The largest absolute Gasteiger partial charge is 0.380 e. The molecule has 4 aliphatic rings. The van der Waals surface area contributed by atoms with Gasteiger partial charge in [0, 0.05) is 62.0 Å². The number of hydrogen-bond acceptors (Lipinski definition) is 8. The average molecular weight is 479 g/mol. The maximum atomic E-state index is 6.41. The van der Waals surface area contributed by atoms with Crippen LogP contribution in [0.5, 0.6) is 0 Å². The molecule has 3 saturated heterocycles. The van der Waals surface area contributed by atoms with E-state index in [1.165, 1.54) is 5.56 Å². The van der Waals surface area contributed by atoms with E-state index in [9.17, 15) is 0 Å². The number of nitrogens with zero attached hydrogens (tertiary/aromatic N) is 8. The van der Waals surface area contributed by atoms with Crippen molar-refractivity contribution in [3.05, 3.63) is 52.7 Å². The molecule has 0 bridgehead atoms. The van der Waals surface area contributed by atoms with Crippen molar-refractivity contribution in [2.45, 2.75) is 32.5 Å². The van der Waals surface area contributed by atoms with Gasteiger partial charge < -0.3 is 14.5 Å². The van der Waals surface area contributed by atoms with Crippen LogP contribution < -0.4 is 9.80 Å². The molecule has 10 heteroatoms. The molecule has 3 fully saturated rings. The third kappa shape index (κ3) is 3.29. The Kier molecular flexibility index (Phi) is 4.62. The molecule has 34 heavy (non-hydrogen) atoms. The molecule has 176 valence electrons. The van der Waals surface area contributed by atoms with Crippen molar-refractivity contribution in [1.29, 1.82) is 0 Å². The van der Waals surface area contributed by atoms with Crippen LogP contribution in [-0.2, 0) is 17.8 Å². The molecule has 0 saturated carbocycles. The van der Waals surface area contributed by atoms with E-state index in [4.69, 9.17) is 16.3 Å². The SMILES string of the molecule is Cc1cncc(N2CC3(C2)CN(c2nnc4n2-c2ccc(Cl)cc2CN([C@H]2CCOC2)C4)C3)n1. The molecule has 0 amide bonds. The third-order valence-corrected chi connectivity index (χ3v) is 7.82. The predicted octanol–water partition coefficient (Wildman–Crippen LogP) is 2.45. The molecule has 1 aromatic carbocycles. The van der Waals surface area contributed by atoms with Crippen LogP contribution in [0.4, 0.5) is 11.8 Å². The second-order valence-electron chi connectivity index (χ2n) is 10.2. The topological polar surface area (TPSA) is 75.4 Å². The first-order chi connectivity index (χ1) is 16.6. The lowest BCUT2D eigenvalue weighted by Crippen LogP contribution is -2.73. The van der Waals surface area contributed by atoms with Gasteiger partial charge in [-0.1, -0.05) is 11.6 Å². The zero-order valence-corrected chi connectivity index (χ0v) is 19.9. The summed E-state index contributed by atoms with van der Waals surface area (Å²) in [6, 6.07) is 6.56. The Morgan fingerprint density at radius 2 is 1.91 bits per heavy atom. The van der Waals surface area contributed by atoms with E-state index in [2.05, 4.69) is 51.6 Å². The zero-order chi connectivity index (χ0) is 22.9. The van der Waals surface area contributed by atoms with Crippen LogP contribution in [0.25, 0.3) is 5.69 Å². The first-order valence-electron chi connectivity index (χ1n) is 11.9. The summed E-state index contributed by atoms with van der Waals surface area (Å²) in [5.74, 6) is 2.89. The summed E-state index contributed by atoms with van der Waals surface area (Å²) in [5, 5.41) is 10.1. The van der Waals surface area contributed by atoms with Crippen molar-refractivity contribution in [1.82, 2.24) is 29.6 Å². The number of anilines is 2. The Bertz CT molecular complexity index is 1240. The van der Waals surface area contributed by atoms with Crippen molar-refractivity contribution >= 4 is 23.4 Å². The lowest BCUT2D eigenvalue weighted by Gasteiger charge is -2.60. The maximum Gasteiger partial charge on any atom is 0.231 e. The third-order valence-electron chi connectivity index (χ3n) is 7.59. The summed E-state index contributed by atoms with van der Waals surface area (Å²) in [6.45, 7) is 9.13. The molecular weight excluding hydrogens is 452 g/mol. The van der Waals surface area contributed by atoms with Crippen LogP contribution in [0.2, 0.25) is 5.02 Å². The summed E-state index contributed by atoms with van der Waals surface area (Å²) >= 11 is 6.41. The van der Waals surface area contributed by atoms with Gasteiger partial charge in [-0.05, 0) is 37.1 Å². The molecule has 4 aliphatic heterocycles. The van der Waals surface area contributed by atoms with Gasteiger partial charge >= 0.3 is 0 Å². The maximum absolute atomic E-state index is 6.41. The second kappa shape index (κ2) is 7.63. The number of aryl methyl sites for hydroxylation is 1. The number of fused-ring (bicyclic) bond motifs is 3. The van der Waals surface area contributed by atoms with Crippen LogP contribution in [0.1, 0.15) is 23.5 Å². The monoisotopic (exact) mass is 478 g/mol. The van der Waals surface area contributed by atoms with Gasteiger partial charge in [-0.2, -0.15) is 0 Å². The molecule has 0 radical (unpaired) electrons. The summed E-state index contributed by atoms with van der Waals surface area (Å²) in [5.41, 5.74) is 3.59. The minimum Gasteiger partial charge on any atom is -0.380 e. The lowest BCUT2D eigenvalue weighted by molar-refractivity contribution is 0.133. The molecule has 0 aliphatic carbocycles. The summed E-state index contributed by atoms with van der Waals surface area (Å²) in [7, 11) is 0. The molecule has 3 aromatic rings. The fraction of sp³-hybridized carbons (Fsp3) is 0.500. The second-order valence-corrected chi connectivity index (χ2v) is 10.6. The minimum absolute atomic E-state index is 0.290. The molecule has 0 N–H and O–H groups in total. The van der Waals surface area contributed by atoms with Gasteiger partial charge in [0.1, 0.15) is 5.82 Å². The number of aromatic nitrogens is 5. The van der Waals surface area contributed by atoms with Crippen LogP contribution in [0.3, 0.4) is 0 Å². The zero-order valence-electron chi connectivity index (χ0n) is 19.2. The van der Waals surface area contributed by atoms with Gasteiger partial charge in [0.25, 0.3) is 0 Å². The van der Waals surface area contributed by atoms with Crippen molar-refractivity contribution in [2.75, 3.05) is 49.2 Å². The van der Waals surface area contributed by atoms with Crippen LogP contribution >= 0.6 is 11.6 Å². The van der Waals surface area contributed by atoms with Crippen molar-refractivity contribution in [3.8, 4) is 5.69 Å². The van der Waals surface area contributed by atoms with Gasteiger partial charge in [-0.25, -0.2) is 4.98 Å². The molecule has 6 heterocycles. The highest BCUT2D eigenvalue weighted by molar-refractivity contribution is 6.30. The average Bonchev–Trinajstić information content (AvgIpc) is 3.40. The quantitative estimate of drug-likeness (QED) is 0.568. The van der Waals surface area contributed by atoms with Crippen LogP contribution in [-0.4, -0.2) is 75.1 Å². The Hall–Kier alpha value is -2.75.